The van der Waals surface area contributed by atoms with Crippen LogP contribution in [0.4, 0.5) is 0 Å². The van der Waals surface area contributed by atoms with Gasteiger partial charge < -0.3 is 10.6 Å². The third-order valence-corrected chi connectivity index (χ3v) is 0.990. The van der Waals surface area contributed by atoms with Crippen molar-refractivity contribution < 1.29 is 0 Å². The van der Waals surface area contributed by atoms with Gasteiger partial charge in [-0.3, -0.25) is 0 Å². The second kappa shape index (κ2) is 5.58. The second-order valence-corrected chi connectivity index (χ2v) is 4.90. The van der Waals surface area contributed by atoms with E-state index in [9.17, 15) is 0 Å². The number of rotatable bonds is 2. The summed E-state index contributed by atoms with van der Waals surface area (Å²) in [6, 6.07) is 0. The van der Waals surface area contributed by atoms with E-state index >= 15 is 0 Å². The molecule has 0 heterocycles. The fourth-order valence-corrected chi connectivity index (χ4v) is 0.514. The fraction of sp³-hybridized carbons (Fsp3) is 0.800. The molecule has 13 heavy (non-hydrogen) atoms. The van der Waals surface area contributed by atoms with E-state index in [1.54, 1.807) is 12.4 Å². The van der Waals surface area contributed by atoms with Crippen LogP contribution in [-0.2, 0) is 0 Å². The maximum Gasteiger partial charge on any atom is 0 e. The number of hydrogen-bond donors (Lipinski definition) is 0. The Balaban J connectivity index is 0. The summed E-state index contributed by atoms with van der Waals surface area (Å²) in [7, 11) is 0. The van der Waals surface area contributed by atoms with Crippen molar-refractivity contribution in [2.45, 2.75) is 52.6 Å². The first-order chi connectivity index (χ1) is 5.21. The summed E-state index contributed by atoms with van der Waals surface area (Å²) < 4.78 is 0. The van der Waals surface area contributed by atoms with Crippen LogP contribution in [-0.4, -0.2) is 28.7 Å². The van der Waals surface area contributed by atoms with Crippen LogP contribution in [0.25, 0.3) is 10.6 Å². The first kappa shape index (κ1) is 15.4. The predicted octanol–water partition coefficient (Wildman–Crippen LogP) is 3.42. The Kier molecular flexibility index (Phi) is 6.59. The minimum absolute atomic E-state index is 0. The molecule has 0 bridgehead atoms. The van der Waals surface area contributed by atoms with Gasteiger partial charge in [0.05, 0.1) is 0 Å². The molecule has 2 nitrogen and oxygen atoms in total. The van der Waals surface area contributed by atoms with Crippen LogP contribution in [0.15, 0.2) is 12.4 Å². The quantitative estimate of drug-likeness (QED) is 0.662. The van der Waals surface area contributed by atoms with Crippen LogP contribution in [0.3, 0.4) is 0 Å². The molecule has 0 atom stereocenters. The van der Waals surface area contributed by atoms with Gasteiger partial charge in [-0.2, -0.15) is 0 Å². The molecule has 0 aromatic heterocycles. The third-order valence-electron chi connectivity index (χ3n) is 0.990. The average molecular weight is 241 g/mol. The summed E-state index contributed by atoms with van der Waals surface area (Å²) in [6.45, 7) is 12.4. The van der Waals surface area contributed by atoms with Gasteiger partial charge in [0.1, 0.15) is 0 Å². The maximum atomic E-state index is 4.29. The Hall–Kier alpha value is -0.117. The standard InChI is InChI=1S/C10H20N2.Ge/c1-9(2,3)11-7-8-12-10(4,5)6;/h7-8H,1-6H3;/q-2;/b8-7-;. The first-order valence-corrected chi connectivity index (χ1v) is 4.30. The molecule has 0 amide bonds. The summed E-state index contributed by atoms with van der Waals surface area (Å²) in [5.74, 6) is 0. The molecule has 76 valence electrons. The third kappa shape index (κ3) is 14.7. The zero-order valence-corrected chi connectivity index (χ0v) is 11.6. The van der Waals surface area contributed by atoms with E-state index in [1.165, 1.54) is 0 Å². The van der Waals surface area contributed by atoms with Crippen molar-refractivity contribution in [2.24, 2.45) is 0 Å². The monoisotopic (exact) mass is 242 g/mol. The molecular formula is C10H20GeN2-2. The van der Waals surface area contributed by atoms with Crippen molar-refractivity contribution in [1.29, 1.82) is 0 Å². The fourth-order valence-electron chi connectivity index (χ4n) is 0.514. The molecule has 0 rings (SSSR count). The van der Waals surface area contributed by atoms with E-state index in [0.29, 0.717) is 0 Å². The summed E-state index contributed by atoms with van der Waals surface area (Å²) in [6.07, 6.45) is 3.54. The van der Waals surface area contributed by atoms with Gasteiger partial charge in [0.25, 0.3) is 0 Å². The van der Waals surface area contributed by atoms with E-state index in [1.807, 2.05) is 0 Å². The number of nitrogens with zero attached hydrogens (tertiary/aromatic N) is 2. The van der Waals surface area contributed by atoms with Crippen molar-refractivity contribution >= 4 is 17.6 Å². The molecule has 0 aromatic rings. The first-order valence-electron chi connectivity index (χ1n) is 4.30. The van der Waals surface area contributed by atoms with Crippen LogP contribution >= 0.6 is 0 Å². The second-order valence-electron chi connectivity index (χ2n) is 4.90. The van der Waals surface area contributed by atoms with E-state index in [0.717, 1.165) is 0 Å². The molecule has 0 aromatic carbocycles. The van der Waals surface area contributed by atoms with Crippen molar-refractivity contribution in [3.05, 3.63) is 23.0 Å². The SMILES string of the molecule is CC(C)(C)[N-]/C=C\[N-]C(C)(C)C.[Ge]. The molecule has 0 fully saturated rings. The summed E-state index contributed by atoms with van der Waals surface area (Å²) in [4.78, 5) is 0. The normalized spacial score (nSPS) is 12.5. The molecule has 0 saturated heterocycles. The van der Waals surface area contributed by atoms with Gasteiger partial charge >= 0.3 is 0 Å². The topological polar surface area (TPSA) is 28.2 Å². The zero-order chi connectivity index (χ0) is 9.83. The molecule has 4 radical (unpaired) electrons. The summed E-state index contributed by atoms with van der Waals surface area (Å²) in [5.41, 5.74) is 0.00775. The van der Waals surface area contributed by atoms with Gasteiger partial charge in [-0.25, -0.2) is 12.4 Å². The van der Waals surface area contributed by atoms with E-state index in [2.05, 4.69) is 52.2 Å². The molecule has 0 aliphatic rings. The van der Waals surface area contributed by atoms with Gasteiger partial charge in [0.2, 0.25) is 0 Å². The van der Waals surface area contributed by atoms with Crippen LogP contribution in [0.2, 0.25) is 0 Å². The molecule has 0 N–H and O–H groups in total. The van der Waals surface area contributed by atoms with Gasteiger partial charge in [0.15, 0.2) is 0 Å². The summed E-state index contributed by atoms with van der Waals surface area (Å²) >= 11 is 0. The Morgan fingerprint density at radius 2 is 0.923 bits per heavy atom. The Morgan fingerprint density at radius 3 is 1.08 bits per heavy atom. The molecule has 0 aliphatic heterocycles. The van der Waals surface area contributed by atoms with Crippen molar-refractivity contribution in [1.82, 2.24) is 0 Å². The maximum absolute atomic E-state index is 4.29. The molecule has 0 aliphatic carbocycles. The van der Waals surface area contributed by atoms with E-state index < -0.39 is 0 Å². The van der Waals surface area contributed by atoms with Gasteiger partial charge in [-0.1, -0.05) is 41.5 Å². The molecule has 3 heteroatoms. The minimum Gasteiger partial charge on any atom is -0.687 e. The minimum atomic E-state index is 0. The van der Waals surface area contributed by atoms with Crippen molar-refractivity contribution in [3.8, 4) is 0 Å². The largest absolute Gasteiger partial charge is 0.687 e. The number of hydrogen-bond acceptors (Lipinski definition) is 0. The van der Waals surface area contributed by atoms with Gasteiger partial charge in [-0.05, 0) is 0 Å². The van der Waals surface area contributed by atoms with E-state index in [4.69, 9.17) is 0 Å². The average Bonchev–Trinajstić information content (AvgIpc) is 1.76. The van der Waals surface area contributed by atoms with Crippen molar-refractivity contribution in [2.75, 3.05) is 0 Å². The Morgan fingerprint density at radius 1 is 0.692 bits per heavy atom. The van der Waals surface area contributed by atoms with Crippen LogP contribution in [0.1, 0.15) is 41.5 Å². The van der Waals surface area contributed by atoms with Gasteiger partial charge in [0, 0.05) is 17.6 Å². The van der Waals surface area contributed by atoms with E-state index in [-0.39, 0.29) is 28.7 Å². The molecule has 0 spiro atoms. The Bertz CT molecular complexity index is 133. The molecule has 0 saturated carbocycles. The molecular weight excluding hydrogens is 221 g/mol. The predicted molar refractivity (Wildman–Crippen MR) is 61.1 cm³/mol. The smallest absolute Gasteiger partial charge is 0 e. The molecule has 0 unspecified atom stereocenters. The summed E-state index contributed by atoms with van der Waals surface area (Å²) in [5, 5.41) is 8.57. The van der Waals surface area contributed by atoms with Crippen molar-refractivity contribution in [3.63, 3.8) is 0 Å². The van der Waals surface area contributed by atoms with Crippen LogP contribution in [0, 0.1) is 0 Å². The Labute approximate surface area is 93.5 Å². The van der Waals surface area contributed by atoms with Crippen LogP contribution < -0.4 is 0 Å². The zero-order valence-electron chi connectivity index (χ0n) is 9.55. The van der Waals surface area contributed by atoms with Crippen LogP contribution in [0.5, 0.6) is 0 Å². The van der Waals surface area contributed by atoms with Gasteiger partial charge in [-0.15, -0.1) is 11.1 Å².